The zero-order valence-electron chi connectivity index (χ0n) is 11.2. The Labute approximate surface area is 112 Å². The van der Waals surface area contributed by atoms with Gasteiger partial charge in [-0.1, -0.05) is 6.07 Å². The number of imidazole rings is 1. The highest BCUT2D eigenvalue weighted by Gasteiger charge is 2.17. The monoisotopic (exact) mass is 260 g/mol. The van der Waals surface area contributed by atoms with Crippen molar-refractivity contribution in [3.63, 3.8) is 0 Å². The lowest BCUT2D eigenvalue weighted by atomic mass is 10.1. The molecule has 0 radical (unpaired) electrons. The molecule has 3 N–H and O–H groups in total. The highest BCUT2D eigenvalue weighted by Crippen LogP contribution is 2.23. The normalized spacial score (nSPS) is 19.4. The lowest BCUT2D eigenvalue weighted by molar-refractivity contribution is 0.225. The van der Waals surface area contributed by atoms with E-state index in [0.717, 1.165) is 37.2 Å². The smallest absolute Gasteiger partial charge is 0.315 e. The molecule has 1 atom stereocenters. The second-order valence-electron chi connectivity index (χ2n) is 5.20. The van der Waals surface area contributed by atoms with E-state index in [1.165, 1.54) is 12.0 Å². The minimum Gasteiger partial charge on any atom is -0.315 e. The maximum absolute atomic E-state index is 11.3. The molecule has 1 aromatic carbocycles. The molecule has 2 heterocycles. The second-order valence-corrected chi connectivity index (χ2v) is 5.20. The SMILES string of the molecule is CC(c1ccc2[nH]c(=O)[nH]c2c1)N1CCCNCC1. The number of aromatic nitrogens is 2. The minimum absolute atomic E-state index is 0.140. The molecule has 19 heavy (non-hydrogen) atoms. The van der Waals surface area contributed by atoms with Crippen molar-refractivity contribution in [2.45, 2.75) is 19.4 Å². The van der Waals surface area contributed by atoms with Gasteiger partial charge in [-0.2, -0.15) is 0 Å². The van der Waals surface area contributed by atoms with Crippen molar-refractivity contribution in [2.75, 3.05) is 26.2 Å². The molecule has 0 saturated carbocycles. The van der Waals surface area contributed by atoms with Gasteiger partial charge in [-0.3, -0.25) is 4.90 Å². The Morgan fingerprint density at radius 1 is 1.16 bits per heavy atom. The van der Waals surface area contributed by atoms with Crippen molar-refractivity contribution in [2.24, 2.45) is 0 Å². The summed E-state index contributed by atoms with van der Waals surface area (Å²) in [6.45, 7) is 6.58. The predicted molar refractivity (Wildman–Crippen MR) is 76.4 cm³/mol. The van der Waals surface area contributed by atoms with Crippen LogP contribution in [0.1, 0.15) is 24.9 Å². The van der Waals surface area contributed by atoms with Crippen LogP contribution < -0.4 is 11.0 Å². The number of H-pyrrole nitrogens is 2. The van der Waals surface area contributed by atoms with Gasteiger partial charge in [0, 0.05) is 19.1 Å². The highest BCUT2D eigenvalue weighted by molar-refractivity contribution is 5.75. The number of fused-ring (bicyclic) bond motifs is 1. The van der Waals surface area contributed by atoms with E-state index in [4.69, 9.17) is 0 Å². The largest absolute Gasteiger partial charge is 0.323 e. The van der Waals surface area contributed by atoms with Crippen LogP contribution >= 0.6 is 0 Å². The predicted octanol–water partition coefficient (Wildman–Crippen LogP) is 1.21. The summed E-state index contributed by atoms with van der Waals surface area (Å²) in [5.74, 6) is 0. The number of benzene rings is 1. The molecule has 1 fully saturated rings. The first-order chi connectivity index (χ1) is 9.24. The fourth-order valence-corrected chi connectivity index (χ4v) is 2.77. The van der Waals surface area contributed by atoms with Crippen LogP contribution in [0.5, 0.6) is 0 Å². The lowest BCUT2D eigenvalue weighted by Crippen LogP contribution is -2.30. The molecule has 5 heteroatoms. The van der Waals surface area contributed by atoms with Gasteiger partial charge in [-0.15, -0.1) is 0 Å². The minimum atomic E-state index is -0.140. The molecule has 1 aromatic heterocycles. The Bertz CT molecular complexity index is 607. The molecular weight excluding hydrogens is 240 g/mol. The Balaban J connectivity index is 1.87. The highest BCUT2D eigenvalue weighted by atomic mass is 16.1. The molecule has 0 bridgehead atoms. The van der Waals surface area contributed by atoms with Gasteiger partial charge in [-0.25, -0.2) is 4.79 Å². The van der Waals surface area contributed by atoms with Crippen LogP contribution in [0.2, 0.25) is 0 Å². The Morgan fingerprint density at radius 2 is 2.00 bits per heavy atom. The average Bonchev–Trinajstić information content (AvgIpc) is 2.63. The summed E-state index contributed by atoms with van der Waals surface area (Å²) in [4.78, 5) is 19.4. The van der Waals surface area contributed by atoms with Gasteiger partial charge >= 0.3 is 5.69 Å². The number of hydrogen-bond donors (Lipinski definition) is 3. The van der Waals surface area contributed by atoms with E-state index >= 15 is 0 Å². The van der Waals surface area contributed by atoms with Crippen LogP contribution in [-0.2, 0) is 0 Å². The third-order valence-electron chi connectivity index (χ3n) is 3.94. The summed E-state index contributed by atoms with van der Waals surface area (Å²) in [6, 6.07) is 6.54. The van der Waals surface area contributed by atoms with E-state index in [2.05, 4.69) is 39.2 Å². The molecule has 1 aliphatic heterocycles. The fourth-order valence-electron chi connectivity index (χ4n) is 2.77. The van der Waals surface area contributed by atoms with E-state index in [0.29, 0.717) is 6.04 Å². The van der Waals surface area contributed by atoms with Crippen LogP contribution in [0.4, 0.5) is 0 Å². The number of hydrogen-bond acceptors (Lipinski definition) is 3. The first kappa shape index (κ1) is 12.4. The quantitative estimate of drug-likeness (QED) is 0.760. The Hall–Kier alpha value is -1.59. The summed E-state index contributed by atoms with van der Waals surface area (Å²) >= 11 is 0. The molecule has 1 unspecified atom stereocenters. The second kappa shape index (κ2) is 5.19. The van der Waals surface area contributed by atoms with Crippen molar-refractivity contribution in [3.8, 4) is 0 Å². The maximum atomic E-state index is 11.3. The number of nitrogens with zero attached hydrogens (tertiary/aromatic N) is 1. The third-order valence-corrected chi connectivity index (χ3v) is 3.94. The van der Waals surface area contributed by atoms with Gasteiger partial charge < -0.3 is 15.3 Å². The maximum Gasteiger partial charge on any atom is 0.323 e. The lowest BCUT2D eigenvalue weighted by Gasteiger charge is -2.27. The van der Waals surface area contributed by atoms with Crippen LogP contribution in [0.25, 0.3) is 11.0 Å². The van der Waals surface area contributed by atoms with E-state index in [1.54, 1.807) is 0 Å². The summed E-state index contributed by atoms with van der Waals surface area (Å²) in [7, 11) is 0. The van der Waals surface area contributed by atoms with Crippen molar-refractivity contribution in [3.05, 3.63) is 34.2 Å². The van der Waals surface area contributed by atoms with Gasteiger partial charge in [0.2, 0.25) is 0 Å². The molecule has 3 rings (SSSR count). The molecule has 2 aromatic rings. The summed E-state index contributed by atoms with van der Waals surface area (Å²) in [5.41, 5.74) is 2.88. The molecule has 1 aliphatic rings. The van der Waals surface area contributed by atoms with E-state index in [-0.39, 0.29) is 5.69 Å². The summed E-state index contributed by atoms with van der Waals surface area (Å²) in [6.07, 6.45) is 1.19. The van der Waals surface area contributed by atoms with Crippen molar-refractivity contribution in [1.29, 1.82) is 0 Å². The molecule has 102 valence electrons. The molecule has 0 amide bonds. The Kier molecular flexibility index (Phi) is 3.40. The molecule has 5 nitrogen and oxygen atoms in total. The van der Waals surface area contributed by atoms with Crippen LogP contribution in [-0.4, -0.2) is 41.0 Å². The zero-order valence-corrected chi connectivity index (χ0v) is 11.2. The van der Waals surface area contributed by atoms with Crippen molar-refractivity contribution < 1.29 is 0 Å². The van der Waals surface area contributed by atoms with Gasteiger partial charge in [0.05, 0.1) is 11.0 Å². The summed E-state index contributed by atoms with van der Waals surface area (Å²) in [5, 5.41) is 3.42. The first-order valence-electron chi connectivity index (χ1n) is 6.91. The van der Waals surface area contributed by atoms with Gasteiger partial charge in [0.25, 0.3) is 0 Å². The summed E-state index contributed by atoms with van der Waals surface area (Å²) < 4.78 is 0. The van der Waals surface area contributed by atoms with E-state index in [1.807, 2.05) is 6.07 Å². The van der Waals surface area contributed by atoms with E-state index < -0.39 is 0 Å². The molecule has 0 spiro atoms. The topological polar surface area (TPSA) is 63.9 Å². The first-order valence-corrected chi connectivity index (χ1v) is 6.91. The number of rotatable bonds is 2. The molecule has 0 aliphatic carbocycles. The van der Waals surface area contributed by atoms with Gasteiger partial charge in [0.1, 0.15) is 0 Å². The van der Waals surface area contributed by atoms with Crippen LogP contribution in [0.15, 0.2) is 23.0 Å². The third kappa shape index (κ3) is 2.57. The van der Waals surface area contributed by atoms with Gasteiger partial charge in [-0.05, 0) is 44.1 Å². The molecular formula is C14H20N4O. The standard InChI is InChI=1S/C14H20N4O/c1-10(18-7-2-5-15-6-8-18)11-3-4-12-13(9-11)17-14(19)16-12/h3-4,9-10,15H,2,5-8H2,1H3,(H2,16,17,19). The fraction of sp³-hybridized carbons (Fsp3) is 0.500. The number of nitrogens with one attached hydrogen (secondary N) is 3. The van der Waals surface area contributed by atoms with Crippen molar-refractivity contribution >= 4 is 11.0 Å². The van der Waals surface area contributed by atoms with Crippen LogP contribution in [0.3, 0.4) is 0 Å². The van der Waals surface area contributed by atoms with Crippen molar-refractivity contribution in [1.82, 2.24) is 20.2 Å². The van der Waals surface area contributed by atoms with E-state index in [9.17, 15) is 4.79 Å². The number of aromatic amines is 2. The zero-order chi connectivity index (χ0) is 13.2. The Morgan fingerprint density at radius 3 is 2.89 bits per heavy atom. The van der Waals surface area contributed by atoms with Crippen LogP contribution in [0, 0.1) is 0 Å². The van der Waals surface area contributed by atoms with Gasteiger partial charge in [0.15, 0.2) is 0 Å². The average molecular weight is 260 g/mol. The molecule has 1 saturated heterocycles.